The smallest absolute Gasteiger partial charge is 0.160 e. The fourth-order valence-corrected chi connectivity index (χ4v) is 3.61. The molecule has 1 aromatic carbocycles. The van der Waals surface area contributed by atoms with E-state index in [4.69, 9.17) is 9.47 Å². The molecular weight excluding hydrogens is 300 g/mol. The van der Waals surface area contributed by atoms with Crippen molar-refractivity contribution in [2.45, 2.75) is 52.1 Å². The van der Waals surface area contributed by atoms with Gasteiger partial charge in [0.15, 0.2) is 11.5 Å². The summed E-state index contributed by atoms with van der Waals surface area (Å²) in [6.45, 7) is 10.5. The van der Waals surface area contributed by atoms with E-state index < -0.39 is 0 Å². The number of nitrogens with zero attached hydrogens (tertiary/aromatic N) is 1. The molecule has 1 heterocycles. The summed E-state index contributed by atoms with van der Waals surface area (Å²) in [5.41, 5.74) is 1.27. The van der Waals surface area contributed by atoms with Gasteiger partial charge in [0.1, 0.15) is 0 Å². The minimum atomic E-state index is 0.437. The monoisotopic (exact) mass is 334 g/mol. The third kappa shape index (κ3) is 5.12. The number of methoxy groups -OCH3 is 2. The van der Waals surface area contributed by atoms with E-state index in [1.165, 1.54) is 31.5 Å². The number of hydrogen-bond donors (Lipinski definition) is 1. The number of likely N-dealkylation sites (tertiary alicyclic amines) is 1. The van der Waals surface area contributed by atoms with Gasteiger partial charge in [-0.25, -0.2) is 0 Å². The first-order valence-corrected chi connectivity index (χ1v) is 9.23. The molecule has 2 rings (SSSR count). The molecule has 1 aliphatic heterocycles. The maximum Gasteiger partial charge on any atom is 0.160 e. The highest BCUT2D eigenvalue weighted by Crippen LogP contribution is 2.28. The van der Waals surface area contributed by atoms with E-state index in [1.807, 2.05) is 6.07 Å². The molecule has 0 spiro atoms. The van der Waals surface area contributed by atoms with Crippen LogP contribution in [0, 0.1) is 5.92 Å². The van der Waals surface area contributed by atoms with Gasteiger partial charge in [-0.1, -0.05) is 19.9 Å². The van der Waals surface area contributed by atoms with Crippen molar-refractivity contribution in [2.75, 3.05) is 33.9 Å². The van der Waals surface area contributed by atoms with Gasteiger partial charge in [0.2, 0.25) is 0 Å². The number of ether oxygens (including phenoxy) is 2. The molecule has 0 radical (unpaired) electrons. The average Bonchev–Trinajstić information content (AvgIpc) is 3.08. The lowest BCUT2D eigenvalue weighted by Gasteiger charge is -2.32. The highest BCUT2D eigenvalue weighted by molar-refractivity contribution is 5.43. The molecule has 0 amide bonds. The van der Waals surface area contributed by atoms with Crippen LogP contribution < -0.4 is 14.8 Å². The lowest BCUT2D eigenvalue weighted by Crippen LogP contribution is -2.46. The lowest BCUT2D eigenvalue weighted by molar-refractivity contribution is 0.183. The van der Waals surface area contributed by atoms with Crippen LogP contribution in [0.25, 0.3) is 0 Å². The Morgan fingerprint density at radius 1 is 1.04 bits per heavy atom. The fraction of sp³-hybridized carbons (Fsp3) is 0.700. The van der Waals surface area contributed by atoms with E-state index in [0.717, 1.165) is 24.5 Å². The molecular formula is C20H34N2O2. The Bertz CT molecular complexity index is 498. The van der Waals surface area contributed by atoms with Crippen LogP contribution in [0.2, 0.25) is 0 Å². The molecule has 1 aliphatic rings. The summed E-state index contributed by atoms with van der Waals surface area (Å²) in [6.07, 6.45) is 3.69. The van der Waals surface area contributed by atoms with E-state index in [1.54, 1.807) is 14.2 Å². The van der Waals surface area contributed by atoms with Crippen LogP contribution in [0.4, 0.5) is 0 Å². The third-order valence-electron chi connectivity index (χ3n) is 5.04. The van der Waals surface area contributed by atoms with Gasteiger partial charge < -0.3 is 14.8 Å². The maximum absolute atomic E-state index is 5.40. The van der Waals surface area contributed by atoms with Crippen LogP contribution >= 0.6 is 0 Å². The minimum absolute atomic E-state index is 0.437. The zero-order valence-corrected chi connectivity index (χ0v) is 16.0. The van der Waals surface area contributed by atoms with Gasteiger partial charge in [0.25, 0.3) is 0 Å². The van der Waals surface area contributed by atoms with Crippen molar-refractivity contribution in [1.82, 2.24) is 10.2 Å². The van der Waals surface area contributed by atoms with Gasteiger partial charge in [-0.05, 0) is 62.9 Å². The van der Waals surface area contributed by atoms with E-state index in [0.29, 0.717) is 18.0 Å². The Morgan fingerprint density at radius 3 is 2.29 bits per heavy atom. The average molecular weight is 335 g/mol. The molecule has 2 unspecified atom stereocenters. The van der Waals surface area contributed by atoms with Crippen LogP contribution in [-0.2, 0) is 6.42 Å². The van der Waals surface area contributed by atoms with Crippen LogP contribution in [-0.4, -0.2) is 50.8 Å². The zero-order valence-electron chi connectivity index (χ0n) is 16.0. The summed E-state index contributed by atoms with van der Waals surface area (Å²) in [4.78, 5) is 2.65. The first-order valence-electron chi connectivity index (χ1n) is 9.23. The van der Waals surface area contributed by atoms with Crippen molar-refractivity contribution in [1.29, 1.82) is 0 Å². The number of rotatable bonds is 9. The SMILES string of the molecule is COc1ccc(CC(C)NCC(C(C)C)N2CCCC2)cc1OC. The van der Waals surface area contributed by atoms with Crippen LogP contribution in [0.5, 0.6) is 11.5 Å². The highest BCUT2D eigenvalue weighted by atomic mass is 16.5. The third-order valence-corrected chi connectivity index (χ3v) is 5.04. The molecule has 0 aromatic heterocycles. The van der Waals surface area contributed by atoms with Crippen molar-refractivity contribution < 1.29 is 9.47 Å². The van der Waals surface area contributed by atoms with Gasteiger partial charge in [-0.15, -0.1) is 0 Å². The van der Waals surface area contributed by atoms with Crippen molar-refractivity contribution in [3.63, 3.8) is 0 Å². The van der Waals surface area contributed by atoms with Crippen molar-refractivity contribution in [3.8, 4) is 11.5 Å². The molecule has 4 nitrogen and oxygen atoms in total. The van der Waals surface area contributed by atoms with Crippen molar-refractivity contribution in [3.05, 3.63) is 23.8 Å². The summed E-state index contributed by atoms with van der Waals surface area (Å²) >= 11 is 0. The standard InChI is InChI=1S/C20H34N2O2/c1-15(2)18(22-10-6-7-11-22)14-21-16(3)12-17-8-9-19(23-4)20(13-17)24-5/h8-9,13,15-16,18,21H,6-7,10-12,14H2,1-5H3. The van der Waals surface area contributed by atoms with Gasteiger partial charge in [-0.2, -0.15) is 0 Å². The number of hydrogen-bond acceptors (Lipinski definition) is 4. The largest absolute Gasteiger partial charge is 0.493 e. The summed E-state index contributed by atoms with van der Waals surface area (Å²) in [7, 11) is 3.36. The predicted octanol–water partition coefficient (Wildman–Crippen LogP) is 3.34. The Morgan fingerprint density at radius 2 is 1.71 bits per heavy atom. The zero-order chi connectivity index (χ0) is 17.5. The van der Waals surface area contributed by atoms with E-state index in [9.17, 15) is 0 Å². The van der Waals surface area contributed by atoms with E-state index in [-0.39, 0.29) is 0 Å². The van der Waals surface area contributed by atoms with Gasteiger partial charge >= 0.3 is 0 Å². The molecule has 1 aromatic rings. The molecule has 0 saturated carbocycles. The van der Waals surface area contributed by atoms with E-state index in [2.05, 4.69) is 43.1 Å². The molecule has 1 fully saturated rings. The summed E-state index contributed by atoms with van der Waals surface area (Å²) in [6, 6.07) is 7.27. The Balaban J connectivity index is 1.88. The van der Waals surface area contributed by atoms with Crippen molar-refractivity contribution >= 4 is 0 Å². The second kappa shape index (κ2) is 9.28. The first kappa shape index (κ1) is 19.1. The molecule has 24 heavy (non-hydrogen) atoms. The summed E-state index contributed by atoms with van der Waals surface area (Å²) in [5.74, 6) is 2.28. The molecule has 0 aliphatic carbocycles. The van der Waals surface area contributed by atoms with Crippen LogP contribution in [0.1, 0.15) is 39.2 Å². The highest BCUT2D eigenvalue weighted by Gasteiger charge is 2.24. The van der Waals surface area contributed by atoms with Gasteiger partial charge in [-0.3, -0.25) is 4.90 Å². The minimum Gasteiger partial charge on any atom is -0.493 e. The molecule has 4 heteroatoms. The molecule has 1 N–H and O–H groups in total. The summed E-state index contributed by atoms with van der Waals surface area (Å²) < 4.78 is 10.7. The first-order chi connectivity index (χ1) is 11.5. The van der Waals surface area contributed by atoms with E-state index >= 15 is 0 Å². The molecule has 2 atom stereocenters. The molecule has 0 bridgehead atoms. The fourth-order valence-electron chi connectivity index (χ4n) is 3.61. The lowest BCUT2D eigenvalue weighted by atomic mass is 10.0. The quantitative estimate of drug-likeness (QED) is 0.751. The summed E-state index contributed by atoms with van der Waals surface area (Å²) in [5, 5.41) is 3.74. The number of nitrogens with one attached hydrogen (secondary N) is 1. The maximum atomic E-state index is 5.40. The number of benzene rings is 1. The topological polar surface area (TPSA) is 33.7 Å². The van der Waals surface area contributed by atoms with Gasteiger partial charge in [0.05, 0.1) is 14.2 Å². The second-order valence-electron chi connectivity index (χ2n) is 7.26. The Kier molecular flexibility index (Phi) is 7.38. The second-order valence-corrected chi connectivity index (χ2v) is 7.26. The normalized spacial score (nSPS) is 17.9. The predicted molar refractivity (Wildman–Crippen MR) is 100 cm³/mol. The Labute approximate surface area is 147 Å². The van der Waals surface area contributed by atoms with Crippen LogP contribution in [0.3, 0.4) is 0 Å². The van der Waals surface area contributed by atoms with Crippen LogP contribution in [0.15, 0.2) is 18.2 Å². The molecule has 1 saturated heterocycles. The molecule has 136 valence electrons. The Hall–Kier alpha value is -1.26. The van der Waals surface area contributed by atoms with Crippen molar-refractivity contribution in [2.24, 2.45) is 5.92 Å². The van der Waals surface area contributed by atoms with Gasteiger partial charge in [0, 0.05) is 18.6 Å².